The molecule has 1 fully saturated rings. The number of nitrogens with one attached hydrogen (secondary N) is 2. The van der Waals surface area contributed by atoms with Crippen LogP contribution in [0.4, 0.5) is 5.69 Å². The van der Waals surface area contributed by atoms with Crippen LogP contribution in [-0.2, 0) is 13.5 Å². The van der Waals surface area contributed by atoms with Gasteiger partial charge in [0.25, 0.3) is 5.91 Å². The zero-order valence-electron chi connectivity index (χ0n) is 18.4. The average molecular weight is 454 g/mol. The van der Waals surface area contributed by atoms with Crippen LogP contribution in [0.5, 0.6) is 0 Å². The largest absolute Gasteiger partial charge is 0.389 e. The Morgan fingerprint density at radius 3 is 2.66 bits per heavy atom. The number of aryl methyl sites for hydroxylation is 1. The number of hydrogen-bond donors (Lipinski definition) is 3. The van der Waals surface area contributed by atoms with Crippen molar-refractivity contribution in [2.75, 3.05) is 25.0 Å². The van der Waals surface area contributed by atoms with Crippen LogP contribution < -0.4 is 15.9 Å². The summed E-state index contributed by atoms with van der Waals surface area (Å²) in [6.45, 7) is 3.27. The first-order valence-electron chi connectivity index (χ1n) is 10.6. The van der Waals surface area contributed by atoms with Crippen molar-refractivity contribution in [3.05, 3.63) is 62.4 Å². The van der Waals surface area contributed by atoms with Crippen LogP contribution in [-0.4, -0.2) is 51.3 Å². The van der Waals surface area contributed by atoms with Crippen molar-refractivity contribution < 1.29 is 9.90 Å². The van der Waals surface area contributed by atoms with Gasteiger partial charge in [-0.3, -0.25) is 9.36 Å². The van der Waals surface area contributed by atoms with Gasteiger partial charge in [0.05, 0.1) is 22.5 Å². The Kier molecular flexibility index (Phi) is 5.87. The Hall–Kier alpha value is -3.04. The van der Waals surface area contributed by atoms with E-state index in [4.69, 9.17) is 12.2 Å². The Bertz CT molecular complexity index is 1310. The van der Waals surface area contributed by atoms with Crippen LogP contribution in [0.25, 0.3) is 10.9 Å². The summed E-state index contributed by atoms with van der Waals surface area (Å²) in [7, 11) is 3.23. The quantitative estimate of drug-likeness (QED) is 0.524. The second kappa shape index (κ2) is 8.48. The molecule has 3 N–H and O–H groups in total. The van der Waals surface area contributed by atoms with Crippen LogP contribution in [0.3, 0.4) is 0 Å². The molecule has 1 aliphatic heterocycles. The first-order chi connectivity index (χ1) is 15.2. The molecule has 2 aromatic heterocycles. The van der Waals surface area contributed by atoms with Gasteiger partial charge in [0, 0.05) is 39.0 Å². The summed E-state index contributed by atoms with van der Waals surface area (Å²) in [5.74, 6) is -0.207. The highest BCUT2D eigenvalue weighted by atomic mass is 32.1. The number of aromatic nitrogens is 3. The second-order valence-corrected chi connectivity index (χ2v) is 8.83. The first-order valence-corrected chi connectivity index (χ1v) is 11.0. The number of amides is 1. The number of pyridine rings is 1. The molecule has 9 heteroatoms. The number of benzene rings is 1. The zero-order chi connectivity index (χ0) is 23.0. The molecule has 1 saturated heterocycles. The maximum absolute atomic E-state index is 12.1. The van der Waals surface area contributed by atoms with Gasteiger partial charge >= 0.3 is 5.69 Å². The van der Waals surface area contributed by atoms with Gasteiger partial charge in [0.2, 0.25) is 0 Å². The van der Waals surface area contributed by atoms with E-state index in [1.807, 2.05) is 31.2 Å². The highest BCUT2D eigenvalue weighted by molar-refractivity contribution is 7.71. The molecule has 3 heterocycles. The van der Waals surface area contributed by atoms with E-state index in [0.29, 0.717) is 48.2 Å². The van der Waals surface area contributed by atoms with Crippen molar-refractivity contribution in [3.8, 4) is 0 Å². The fourth-order valence-electron chi connectivity index (χ4n) is 4.33. The number of carbonyl (C=O) groups excluding carboxylic acids is 1. The maximum Gasteiger partial charge on any atom is 0.326 e. The van der Waals surface area contributed by atoms with Crippen LogP contribution in [0, 0.1) is 11.6 Å². The molecule has 1 amide bonds. The lowest BCUT2D eigenvalue weighted by Gasteiger charge is -2.40. The lowest BCUT2D eigenvalue weighted by Crippen LogP contribution is -2.46. The third-order valence-electron chi connectivity index (χ3n) is 6.25. The van der Waals surface area contributed by atoms with E-state index in [-0.39, 0.29) is 11.6 Å². The summed E-state index contributed by atoms with van der Waals surface area (Å²) in [6.07, 6.45) is 1.71. The highest BCUT2D eigenvalue weighted by Crippen LogP contribution is 2.31. The van der Waals surface area contributed by atoms with E-state index in [0.717, 1.165) is 22.3 Å². The first kappa shape index (κ1) is 22.2. The number of carbonyl (C=O) groups is 1. The fraction of sp³-hybridized carbons (Fsp3) is 0.391. The van der Waals surface area contributed by atoms with Crippen molar-refractivity contribution in [2.45, 2.75) is 31.8 Å². The van der Waals surface area contributed by atoms with E-state index in [2.05, 4.69) is 20.2 Å². The lowest BCUT2D eigenvalue weighted by atomic mass is 9.85. The Morgan fingerprint density at radius 1 is 1.28 bits per heavy atom. The van der Waals surface area contributed by atoms with Gasteiger partial charge in [0.1, 0.15) is 10.3 Å². The molecular formula is C23H27N5O3S. The molecule has 0 radical (unpaired) electrons. The summed E-state index contributed by atoms with van der Waals surface area (Å²) in [6, 6.07) is 9.42. The molecule has 4 rings (SSSR count). The number of anilines is 1. The number of hydrogen-bond acceptors (Lipinski definition) is 6. The smallest absolute Gasteiger partial charge is 0.326 e. The van der Waals surface area contributed by atoms with E-state index in [9.17, 15) is 14.7 Å². The Morgan fingerprint density at radius 2 is 2.00 bits per heavy atom. The summed E-state index contributed by atoms with van der Waals surface area (Å²) in [4.78, 5) is 33.3. The summed E-state index contributed by atoms with van der Waals surface area (Å²) < 4.78 is 1.91. The normalized spacial score (nSPS) is 15.7. The number of piperidine rings is 1. The van der Waals surface area contributed by atoms with Crippen molar-refractivity contribution in [1.82, 2.24) is 19.9 Å². The summed E-state index contributed by atoms with van der Waals surface area (Å²) >= 11 is 5.37. The maximum atomic E-state index is 12.1. The number of fused-ring (bicyclic) bond motifs is 1. The van der Waals surface area contributed by atoms with Crippen LogP contribution in [0.15, 0.2) is 35.1 Å². The zero-order valence-corrected chi connectivity index (χ0v) is 19.3. The third kappa shape index (κ3) is 4.18. The summed E-state index contributed by atoms with van der Waals surface area (Å²) in [5, 5.41) is 14.6. The molecule has 8 nitrogen and oxygen atoms in total. The average Bonchev–Trinajstić information content (AvgIpc) is 2.77. The molecule has 168 valence electrons. The Labute approximate surface area is 190 Å². The predicted octanol–water partition coefficient (Wildman–Crippen LogP) is 2.23. The number of aromatic amines is 1. The SMILES string of the molecule is CNC(=O)c1ccc(N2CCC(O)(Cc3ccc4c(=S)n(C)c(=O)[nH]c4c3)CC2)c(C)n1. The molecule has 3 aromatic rings. The lowest BCUT2D eigenvalue weighted by molar-refractivity contribution is 0.0165. The highest BCUT2D eigenvalue weighted by Gasteiger charge is 2.33. The van der Waals surface area contributed by atoms with Gasteiger partial charge in [-0.15, -0.1) is 0 Å². The van der Waals surface area contributed by atoms with Crippen LogP contribution >= 0.6 is 12.2 Å². The monoisotopic (exact) mass is 453 g/mol. The fourth-order valence-corrected chi connectivity index (χ4v) is 4.59. The molecule has 0 saturated carbocycles. The molecule has 1 aromatic carbocycles. The number of H-pyrrole nitrogens is 1. The topological polar surface area (TPSA) is 103 Å². The minimum absolute atomic E-state index is 0.207. The molecule has 0 aliphatic carbocycles. The molecule has 32 heavy (non-hydrogen) atoms. The third-order valence-corrected chi connectivity index (χ3v) is 6.74. The molecule has 0 atom stereocenters. The summed E-state index contributed by atoms with van der Waals surface area (Å²) in [5.41, 5.74) is 2.74. The van der Waals surface area contributed by atoms with Gasteiger partial charge in [-0.05, 0) is 49.6 Å². The number of rotatable bonds is 4. The van der Waals surface area contributed by atoms with Crippen molar-refractivity contribution >= 4 is 34.7 Å². The molecule has 1 aliphatic rings. The van der Waals surface area contributed by atoms with Gasteiger partial charge in [-0.25, -0.2) is 9.78 Å². The molecule has 0 spiro atoms. The van der Waals surface area contributed by atoms with Crippen LogP contribution in [0.1, 0.15) is 34.6 Å². The second-order valence-electron chi connectivity index (χ2n) is 8.44. The van der Waals surface area contributed by atoms with E-state index in [1.165, 1.54) is 4.57 Å². The van der Waals surface area contributed by atoms with Crippen LogP contribution in [0.2, 0.25) is 0 Å². The molecular weight excluding hydrogens is 426 g/mol. The minimum Gasteiger partial charge on any atom is -0.389 e. The minimum atomic E-state index is -0.829. The molecule has 0 unspecified atom stereocenters. The van der Waals surface area contributed by atoms with E-state index in [1.54, 1.807) is 20.2 Å². The van der Waals surface area contributed by atoms with Gasteiger partial charge < -0.3 is 20.3 Å². The van der Waals surface area contributed by atoms with Gasteiger partial charge in [-0.2, -0.15) is 0 Å². The number of aliphatic hydroxyl groups is 1. The standard InChI is InChI=1S/C23H27N5O3S/c1-14-19(7-6-17(25-14)20(29)24-2)28-10-8-23(31,9-11-28)13-15-4-5-16-18(12-15)26-22(30)27(3)21(16)32/h4-7,12,31H,8-11,13H2,1-3H3,(H,24,29)(H,26,30). The van der Waals surface area contributed by atoms with Crippen molar-refractivity contribution in [2.24, 2.45) is 7.05 Å². The van der Waals surface area contributed by atoms with Crippen molar-refractivity contribution in [1.29, 1.82) is 0 Å². The van der Waals surface area contributed by atoms with Gasteiger partial charge in [-0.1, -0.05) is 18.3 Å². The Balaban J connectivity index is 1.49. The van der Waals surface area contributed by atoms with E-state index < -0.39 is 5.60 Å². The van der Waals surface area contributed by atoms with Crippen molar-refractivity contribution in [3.63, 3.8) is 0 Å². The predicted molar refractivity (Wildman–Crippen MR) is 127 cm³/mol. The molecule has 0 bridgehead atoms. The van der Waals surface area contributed by atoms with E-state index >= 15 is 0 Å². The number of nitrogens with zero attached hydrogens (tertiary/aromatic N) is 3. The van der Waals surface area contributed by atoms with Gasteiger partial charge in [0.15, 0.2) is 0 Å².